The number of benzene rings is 2. The number of anilines is 1. The predicted molar refractivity (Wildman–Crippen MR) is 126 cm³/mol. The lowest BCUT2D eigenvalue weighted by Crippen LogP contribution is -2.13. The van der Waals surface area contributed by atoms with E-state index in [0.29, 0.717) is 12.8 Å². The second kappa shape index (κ2) is 8.72. The monoisotopic (exact) mass is 412 g/mol. The maximum atomic E-state index is 12.5. The number of fused-ring (bicyclic) bond motifs is 1. The first kappa shape index (κ1) is 20.8. The van der Waals surface area contributed by atoms with Crippen molar-refractivity contribution in [3.63, 3.8) is 0 Å². The number of hydrogen-bond donors (Lipinski definition) is 1. The van der Waals surface area contributed by atoms with Crippen LogP contribution in [0, 0.1) is 20.8 Å². The molecule has 5 nitrogen and oxygen atoms in total. The molecule has 31 heavy (non-hydrogen) atoms. The molecule has 4 aromatic rings. The van der Waals surface area contributed by atoms with Crippen molar-refractivity contribution in [1.29, 1.82) is 0 Å². The van der Waals surface area contributed by atoms with E-state index in [1.165, 1.54) is 5.56 Å². The number of aryl methyl sites for hydroxylation is 4. The fraction of sp³-hybridized carbons (Fsp3) is 0.269. The third kappa shape index (κ3) is 4.22. The van der Waals surface area contributed by atoms with Crippen molar-refractivity contribution in [3.8, 4) is 5.69 Å². The number of rotatable bonds is 6. The number of nitrogens with zero attached hydrogens (tertiary/aromatic N) is 3. The van der Waals surface area contributed by atoms with Gasteiger partial charge in [-0.2, -0.15) is 5.10 Å². The zero-order chi connectivity index (χ0) is 22.0. The topological polar surface area (TPSA) is 59.8 Å². The average molecular weight is 413 g/mol. The van der Waals surface area contributed by atoms with E-state index in [1.807, 2.05) is 61.0 Å². The summed E-state index contributed by atoms with van der Waals surface area (Å²) in [6.45, 7) is 8.26. The molecule has 5 heteroatoms. The predicted octanol–water partition coefficient (Wildman–Crippen LogP) is 5.48. The number of hydrogen-bond acceptors (Lipinski definition) is 3. The van der Waals surface area contributed by atoms with Gasteiger partial charge in [-0.25, -0.2) is 9.67 Å². The van der Waals surface area contributed by atoms with Crippen LogP contribution in [0.15, 0.2) is 54.6 Å². The van der Waals surface area contributed by atoms with Gasteiger partial charge in [0.25, 0.3) is 0 Å². The molecule has 0 aliphatic carbocycles. The molecule has 0 aliphatic rings. The zero-order valence-corrected chi connectivity index (χ0v) is 18.6. The smallest absolute Gasteiger partial charge is 0.224 e. The van der Waals surface area contributed by atoms with Crippen LogP contribution in [0.1, 0.15) is 41.4 Å². The van der Waals surface area contributed by atoms with Gasteiger partial charge in [0.05, 0.1) is 11.4 Å². The minimum atomic E-state index is 0.0137. The molecule has 4 rings (SSSR count). The molecule has 0 saturated carbocycles. The van der Waals surface area contributed by atoms with Gasteiger partial charge in [0.15, 0.2) is 5.65 Å². The number of pyridine rings is 1. The van der Waals surface area contributed by atoms with Gasteiger partial charge in [0.1, 0.15) is 0 Å². The third-order valence-electron chi connectivity index (χ3n) is 5.82. The number of amides is 1. The summed E-state index contributed by atoms with van der Waals surface area (Å²) in [4.78, 5) is 17.4. The minimum absolute atomic E-state index is 0.0137. The summed E-state index contributed by atoms with van der Waals surface area (Å²) in [6, 6.07) is 18.1. The molecule has 0 unspecified atom stereocenters. The maximum Gasteiger partial charge on any atom is 0.224 e. The van der Waals surface area contributed by atoms with Crippen molar-refractivity contribution >= 4 is 22.6 Å². The Morgan fingerprint density at radius 2 is 1.68 bits per heavy atom. The molecule has 0 saturated heterocycles. The molecule has 2 aromatic heterocycles. The molecule has 2 heterocycles. The molecule has 0 radical (unpaired) electrons. The van der Waals surface area contributed by atoms with Crippen molar-refractivity contribution in [1.82, 2.24) is 14.8 Å². The van der Waals surface area contributed by atoms with E-state index < -0.39 is 0 Å². The van der Waals surface area contributed by atoms with Crippen LogP contribution in [0.5, 0.6) is 0 Å². The van der Waals surface area contributed by atoms with Crippen molar-refractivity contribution < 1.29 is 4.79 Å². The van der Waals surface area contributed by atoms with Crippen LogP contribution in [0.25, 0.3) is 16.7 Å². The Morgan fingerprint density at radius 1 is 0.968 bits per heavy atom. The fourth-order valence-corrected chi connectivity index (χ4v) is 4.11. The van der Waals surface area contributed by atoms with E-state index in [0.717, 1.165) is 51.3 Å². The Hall–Kier alpha value is -3.47. The van der Waals surface area contributed by atoms with Gasteiger partial charge in [-0.1, -0.05) is 37.3 Å². The number of para-hydroxylation sites is 1. The van der Waals surface area contributed by atoms with Crippen LogP contribution in [0.4, 0.5) is 5.69 Å². The lowest BCUT2D eigenvalue weighted by molar-refractivity contribution is -0.116. The highest BCUT2D eigenvalue weighted by Crippen LogP contribution is 2.28. The second-order valence-corrected chi connectivity index (χ2v) is 7.93. The Kier molecular flexibility index (Phi) is 5.85. The van der Waals surface area contributed by atoms with Crippen LogP contribution in [0.2, 0.25) is 0 Å². The molecule has 0 fully saturated rings. The van der Waals surface area contributed by atoms with Crippen LogP contribution in [-0.2, 0) is 17.6 Å². The molecule has 1 amide bonds. The van der Waals surface area contributed by atoms with Crippen molar-refractivity contribution in [2.45, 2.75) is 47.0 Å². The molecule has 158 valence electrons. The van der Waals surface area contributed by atoms with E-state index in [-0.39, 0.29) is 5.91 Å². The van der Waals surface area contributed by atoms with Gasteiger partial charge in [0.2, 0.25) is 5.91 Å². The van der Waals surface area contributed by atoms with Crippen molar-refractivity contribution in [3.05, 3.63) is 82.7 Å². The van der Waals surface area contributed by atoms with Crippen LogP contribution >= 0.6 is 0 Å². The zero-order valence-electron chi connectivity index (χ0n) is 18.6. The van der Waals surface area contributed by atoms with Gasteiger partial charge >= 0.3 is 0 Å². The average Bonchev–Trinajstić information content (AvgIpc) is 3.11. The first-order chi connectivity index (χ1) is 15.0. The summed E-state index contributed by atoms with van der Waals surface area (Å²) in [5.74, 6) is 0.0137. The van der Waals surface area contributed by atoms with Gasteiger partial charge in [0, 0.05) is 23.2 Å². The first-order valence-corrected chi connectivity index (χ1v) is 10.8. The van der Waals surface area contributed by atoms with E-state index in [1.54, 1.807) is 0 Å². The minimum Gasteiger partial charge on any atom is -0.326 e. The van der Waals surface area contributed by atoms with Gasteiger partial charge in [-0.15, -0.1) is 0 Å². The normalized spacial score (nSPS) is 11.1. The SMILES string of the molecule is CCc1ccc(NC(=O)CCc2c(C)nc3c(c(C)nn3-c3ccccc3)c2C)cc1. The largest absolute Gasteiger partial charge is 0.326 e. The van der Waals surface area contributed by atoms with Crippen LogP contribution in [0.3, 0.4) is 0 Å². The third-order valence-corrected chi connectivity index (χ3v) is 5.82. The van der Waals surface area contributed by atoms with Crippen molar-refractivity contribution in [2.24, 2.45) is 0 Å². The first-order valence-electron chi connectivity index (χ1n) is 10.8. The fourth-order valence-electron chi connectivity index (χ4n) is 4.11. The molecule has 0 spiro atoms. The molecule has 0 atom stereocenters. The molecule has 0 aliphatic heterocycles. The quantitative estimate of drug-likeness (QED) is 0.456. The summed E-state index contributed by atoms with van der Waals surface area (Å²) in [5.41, 5.74) is 8.13. The van der Waals surface area contributed by atoms with E-state index in [4.69, 9.17) is 10.1 Å². The van der Waals surface area contributed by atoms with Crippen molar-refractivity contribution in [2.75, 3.05) is 5.32 Å². The molecule has 0 bridgehead atoms. The van der Waals surface area contributed by atoms with E-state index in [2.05, 4.69) is 31.3 Å². The Balaban J connectivity index is 1.57. The highest BCUT2D eigenvalue weighted by atomic mass is 16.1. The second-order valence-electron chi connectivity index (χ2n) is 7.93. The summed E-state index contributed by atoms with van der Waals surface area (Å²) in [5, 5.41) is 8.81. The number of carbonyl (C=O) groups is 1. The summed E-state index contributed by atoms with van der Waals surface area (Å²) in [6.07, 6.45) is 2.05. The van der Waals surface area contributed by atoms with Gasteiger partial charge in [-0.05, 0) is 74.6 Å². The Bertz CT molecular complexity index is 1220. The lowest BCUT2D eigenvalue weighted by Gasteiger charge is -2.12. The number of aromatic nitrogens is 3. The van der Waals surface area contributed by atoms with E-state index in [9.17, 15) is 4.79 Å². The Morgan fingerprint density at radius 3 is 2.35 bits per heavy atom. The summed E-state index contributed by atoms with van der Waals surface area (Å²) < 4.78 is 1.90. The highest BCUT2D eigenvalue weighted by molar-refractivity contribution is 5.91. The molecule has 2 aromatic carbocycles. The summed E-state index contributed by atoms with van der Waals surface area (Å²) >= 11 is 0. The van der Waals surface area contributed by atoms with Crippen LogP contribution in [-0.4, -0.2) is 20.7 Å². The highest BCUT2D eigenvalue weighted by Gasteiger charge is 2.18. The standard InChI is InChI=1S/C26H28N4O/c1-5-20-11-13-21(14-12-20)28-24(31)16-15-23-17(2)25-19(4)29-30(26(25)27-18(23)3)22-9-7-6-8-10-22/h6-14H,5,15-16H2,1-4H3,(H,28,31). The van der Waals surface area contributed by atoms with E-state index >= 15 is 0 Å². The van der Waals surface area contributed by atoms with Gasteiger partial charge < -0.3 is 5.32 Å². The van der Waals surface area contributed by atoms with Gasteiger partial charge in [-0.3, -0.25) is 4.79 Å². The molecular formula is C26H28N4O. The Labute approximate surface area is 183 Å². The molecular weight excluding hydrogens is 384 g/mol. The summed E-state index contributed by atoms with van der Waals surface area (Å²) in [7, 11) is 0. The molecule has 1 N–H and O–H groups in total. The lowest BCUT2D eigenvalue weighted by atomic mass is 9.99. The number of carbonyl (C=O) groups excluding carboxylic acids is 1. The maximum absolute atomic E-state index is 12.5. The van der Waals surface area contributed by atoms with Crippen LogP contribution < -0.4 is 5.32 Å². The number of nitrogens with one attached hydrogen (secondary N) is 1.